The summed E-state index contributed by atoms with van der Waals surface area (Å²) < 4.78 is 12.8. The highest BCUT2D eigenvalue weighted by Crippen LogP contribution is 2.18. The molecule has 16 heavy (non-hydrogen) atoms. The van der Waals surface area contributed by atoms with E-state index in [-0.39, 0.29) is 17.2 Å². The summed E-state index contributed by atoms with van der Waals surface area (Å²) in [6.45, 7) is 3.51. The smallest absolute Gasteiger partial charge is 0.154 e. The molecule has 4 heteroatoms. The first-order valence-corrected chi connectivity index (χ1v) is 5.25. The van der Waals surface area contributed by atoms with Crippen LogP contribution in [0.4, 0.5) is 4.39 Å². The summed E-state index contributed by atoms with van der Waals surface area (Å²) in [5.41, 5.74) is 6.21. The standard InChI is InChI=1S/C12H13ClFNO/c1-2-3-11(15)12(16)6-8-4-5-9(14)7-10(8)13/h2,4-5,7,11H,1,3,6,15H2. The van der Waals surface area contributed by atoms with E-state index in [1.807, 2.05) is 0 Å². The summed E-state index contributed by atoms with van der Waals surface area (Å²) in [4.78, 5) is 11.6. The Balaban J connectivity index is 2.73. The molecule has 1 aromatic carbocycles. The molecule has 0 aliphatic heterocycles. The van der Waals surface area contributed by atoms with Crippen LogP contribution in [-0.4, -0.2) is 11.8 Å². The molecule has 1 unspecified atom stereocenters. The predicted octanol–water partition coefficient (Wildman–Crippen LogP) is 2.49. The van der Waals surface area contributed by atoms with Gasteiger partial charge in [0, 0.05) is 11.4 Å². The molecule has 0 radical (unpaired) electrons. The summed E-state index contributed by atoms with van der Waals surface area (Å²) >= 11 is 5.80. The van der Waals surface area contributed by atoms with Crippen molar-refractivity contribution in [1.29, 1.82) is 0 Å². The van der Waals surface area contributed by atoms with Crippen LogP contribution in [0.1, 0.15) is 12.0 Å². The number of hydrogen-bond acceptors (Lipinski definition) is 2. The Morgan fingerprint density at radius 2 is 2.31 bits per heavy atom. The van der Waals surface area contributed by atoms with Crippen molar-refractivity contribution in [3.8, 4) is 0 Å². The van der Waals surface area contributed by atoms with Crippen LogP contribution in [0.3, 0.4) is 0 Å². The summed E-state index contributed by atoms with van der Waals surface area (Å²) in [6.07, 6.45) is 2.14. The number of Topliss-reactive ketones (excluding diaryl/α,β-unsaturated/α-hetero) is 1. The number of benzene rings is 1. The maximum atomic E-state index is 12.8. The third kappa shape index (κ3) is 3.43. The zero-order valence-electron chi connectivity index (χ0n) is 8.75. The number of ketones is 1. The molecule has 1 aromatic rings. The molecule has 86 valence electrons. The van der Waals surface area contributed by atoms with Crippen LogP contribution in [-0.2, 0) is 11.2 Å². The molecule has 0 aliphatic carbocycles. The Bertz CT molecular complexity index is 406. The second-order valence-corrected chi connectivity index (χ2v) is 3.92. The summed E-state index contributed by atoms with van der Waals surface area (Å²) in [6, 6.07) is 3.38. The van der Waals surface area contributed by atoms with Crippen LogP contribution in [0.2, 0.25) is 5.02 Å². The van der Waals surface area contributed by atoms with Crippen LogP contribution in [0.15, 0.2) is 30.9 Å². The first-order chi connectivity index (χ1) is 7.54. The highest BCUT2D eigenvalue weighted by Gasteiger charge is 2.14. The lowest BCUT2D eigenvalue weighted by Crippen LogP contribution is -2.31. The van der Waals surface area contributed by atoms with Crippen LogP contribution < -0.4 is 5.73 Å². The van der Waals surface area contributed by atoms with Crippen molar-refractivity contribution in [3.05, 3.63) is 47.3 Å². The van der Waals surface area contributed by atoms with Crippen molar-refractivity contribution in [2.45, 2.75) is 18.9 Å². The minimum atomic E-state index is -0.571. The van der Waals surface area contributed by atoms with Gasteiger partial charge in [0.05, 0.1) is 6.04 Å². The minimum absolute atomic E-state index is 0.119. The molecule has 0 heterocycles. The predicted molar refractivity (Wildman–Crippen MR) is 62.9 cm³/mol. The topological polar surface area (TPSA) is 43.1 Å². The average molecular weight is 242 g/mol. The average Bonchev–Trinajstić information content (AvgIpc) is 2.22. The number of halogens is 2. The van der Waals surface area contributed by atoms with Crippen molar-refractivity contribution in [2.75, 3.05) is 0 Å². The van der Waals surface area contributed by atoms with Crippen molar-refractivity contribution in [2.24, 2.45) is 5.73 Å². The van der Waals surface area contributed by atoms with E-state index >= 15 is 0 Å². The highest BCUT2D eigenvalue weighted by molar-refractivity contribution is 6.31. The molecule has 1 rings (SSSR count). The van der Waals surface area contributed by atoms with Gasteiger partial charge in [0.1, 0.15) is 5.82 Å². The van der Waals surface area contributed by atoms with Gasteiger partial charge in [-0.25, -0.2) is 4.39 Å². The summed E-state index contributed by atoms with van der Waals surface area (Å²) in [5, 5.41) is 0.249. The van der Waals surface area contributed by atoms with E-state index in [1.54, 1.807) is 6.08 Å². The second kappa shape index (κ2) is 5.77. The second-order valence-electron chi connectivity index (χ2n) is 3.51. The molecule has 0 fully saturated rings. The summed E-state index contributed by atoms with van der Waals surface area (Å²) in [7, 11) is 0. The van der Waals surface area contributed by atoms with E-state index in [2.05, 4.69) is 6.58 Å². The molecule has 0 saturated carbocycles. The zero-order valence-corrected chi connectivity index (χ0v) is 9.51. The Morgan fingerprint density at radius 1 is 1.62 bits per heavy atom. The first-order valence-electron chi connectivity index (χ1n) is 4.87. The van der Waals surface area contributed by atoms with Gasteiger partial charge in [0.25, 0.3) is 0 Å². The Labute approximate surface area is 98.9 Å². The highest BCUT2D eigenvalue weighted by atomic mass is 35.5. The summed E-state index contributed by atoms with van der Waals surface area (Å²) in [5.74, 6) is -0.551. The number of carbonyl (C=O) groups excluding carboxylic acids is 1. The van der Waals surface area contributed by atoms with Gasteiger partial charge in [0.15, 0.2) is 5.78 Å². The van der Waals surface area contributed by atoms with Crippen LogP contribution in [0.5, 0.6) is 0 Å². The number of rotatable bonds is 5. The maximum Gasteiger partial charge on any atom is 0.154 e. The Kier molecular flexibility index (Phi) is 4.65. The normalized spacial score (nSPS) is 12.2. The monoisotopic (exact) mass is 241 g/mol. The van der Waals surface area contributed by atoms with Crippen LogP contribution in [0, 0.1) is 5.82 Å². The SMILES string of the molecule is C=CCC(N)C(=O)Cc1ccc(F)cc1Cl. The van der Waals surface area contributed by atoms with Gasteiger partial charge < -0.3 is 5.73 Å². The van der Waals surface area contributed by atoms with Gasteiger partial charge in [-0.1, -0.05) is 23.7 Å². The molecule has 2 N–H and O–H groups in total. The van der Waals surface area contributed by atoms with Crippen molar-refractivity contribution in [1.82, 2.24) is 0 Å². The molecule has 1 atom stereocenters. The van der Waals surface area contributed by atoms with E-state index in [0.29, 0.717) is 12.0 Å². The fourth-order valence-corrected chi connectivity index (χ4v) is 1.53. The molecule has 0 spiro atoms. The molecule has 2 nitrogen and oxygen atoms in total. The third-order valence-electron chi connectivity index (χ3n) is 2.21. The molecule has 0 amide bonds. The molecule has 0 bridgehead atoms. The zero-order chi connectivity index (χ0) is 12.1. The fraction of sp³-hybridized carbons (Fsp3) is 0.250. The lowest BCUT2D eigenvalue weighted by atomic mass is 10.0. The largest absolute Gasteiger partial charge is 0.321 e. The van der Waals surface area contributed by atoms with Crippen molar-refractivity contribution < 1.29 is 9.18 Å². The molecular weight excluding hydrogens is 229 g/mol. The molecule has 0 saturated heterocycles. The van der Waals surface area contributed by atoms with Gasteiger partial charge in [0.2, 0.25) is 0 Å². The van der Waals surface area contributed by atoms with E-state index in [9.17, 15) is 9.18 Å². The third-order valence-corrected chi connectivity index (χ3v) is 2.57. The van der Waals surface area contributed by atoms with Gasteiger partial charge in [-0.2, -0.15) is 0 Å². The van der Waals surface area contributed by atoms with Gasteiger partial charge in [-0.15, -0.1) is 6.58 Å². The first kappa shape index (κ1) is 12.9. The minimum Gasteiger partial charge on any atom is -0.321 e. The van der Waals surface area contributed by atoms with E-state index in [4.69, 9.17) is 17.3 Å². The number of carbonyl (C=O) groups is 1. The van der Waals surface area contributed by atoms with Gasteiger partial charge in [-0.05, 0) is 24.1 Å². The van der Waals surface area contributed by atoms with E-state index in [1.165, 1.54) is 18.2 Å². The number of nitrogens with two attached hydrogens (primary N) is 1. The fourth-order valence-electron chi connectivity index (χ4n) is 1.29. The lowest BCUT2D eigenvalue weighted by molar-refractivity contribution is -0.119. The van der Waals surface area contributed by atoms with E-state index < -0.39 is 11.9 Å². The molecule has 0 aromatic heterocycles. The quantitative estimate of drug-likeness (QED) is 0.805. The maximum absolute atomic E-state index is 12.8. The van der Waals surface area contributed by atoms with Gasteiger partial charge in [-0.3, -0.25) is 4.79 Å². The van der Waals surface area contributed by atoms with Gasteiger partial charge >= 0.3 is 0 Å². The van der Waals surface area contributed by atoms with Crippen LogP contribution >= 0.6 is 11.6 Å². The number of hydrogen-bond donors (Lipinski definition) is 1. The van der Waals surface area contributed by atoms with Crippen molar-refractivity contribution in [3.63, 3.8) is 0 Å². The lowest BCUT2D eigenvalue weighted by Gasteiger charge is -2.08. The van der Waals surface area contributed by atoms with Crippen LogP contribution in [0.25, 0.3) is 0 Å². The Morgan fingerprint density at radius 3 is 2.88 bits per heavy atom. The Hall–Kier alpha value is -1.19. The van der Waals surface area contributed by atoms with Crippen molar-refractivity contribution >= 4 is 17.4 Å². The molecule has 0 aliphatic rings. The van der Waals surface area contributed by atoms with E-state index in [0.717, 1.165) is 0 Å². The molecular formula is C12H13ClFNO.